The second-order valence-corrected chi connectivity index (χ2v) is 6.31. The van der Waals surface area contributed by atoms with E-state index in [-0.39, 0.29) is 12.5 Å². The molecule has 0 bridgehead atoms. The lowest BCUT2D eigenvalue weighted by Gasteiger charge is -2.34. The van der Waals surface area contributed by atoms with Crippen LogP contribution in [0.15, 0.2) is 60.7 Å². The first-order valence-corrected chi connectivity index (χ1v) is 7.80. The number of benzene rings is 2. The summed E-state index contributed by atoms with van der Waals surface area (Å²) in [5.41, 5.74) is 0.978. The van der Waals surface area contributed by atoms with Crippen LogP contribution in [0.3, 0.4) is 0 Å². The molecule has 2 aromatic rings. The molecular formula is C19H18O4. The number of rotatable bonds is 3. The number of hydrogen-bond donors (Lipinski definition) is 1. The van der Waals surface area contributed by atoms with Gasteiger partial charge in [0.1, 0.15) is 0 Å². The highest BCUT2D eigenvalue weighted by atomic mass is 16.7. The van der Waals surface area contributed by atoms with Gasteiger partial charge in [-0.1, -0.05) is 60.7 Å². The fourth-order valence-electron chi connectivity index (χ4n) is 3.40. The van der Waals surface area contributed by atoms with Gasteiger partial charge in [-0.2, -0.15) is 0 Å². The van der Waals surface area contributed by atoms with Gasteiger partial charge in [0, 0.05) is 17.0 Å². The largest absolute Gasteiger partial charge is 0.481 e. The van der Waals surface area contributed by atoms with Gasteiger partial charge >= 0.3 is 5.97 Å². The third kappa shape index (κ3) is 2.18. The maximum Gasteiger partial charge on any atom is 0.312 e. The first-order valence-electron chi connectivity index (χ1n) is 7.80. The second kappa shape index (κ2) is 5.18. The van der Waals surface area contributed by atoms with Crippen LogP contribution in [0.2, 0.25) is 0 Å². The molecule has 118 valence electrons. The van der Waals surface area contributed by atoms with Gasteiger partial charge < -0.3 is 14.6 Å². The molecule has 0 radical (unpaired) electrons. The molecule has 1 aliphatic carbocycles. The molecule has 1 heterocycles. The van der Waals surface area contributed by atoms with Crippen LogP contribution in [0.4, 0.5) is 0 Å². The molecule has 1 saturated heterocycles. The maximum atomic E-state index is 11.6. The van der Waals surface area contributed by atoms with Crippen molar-refractivity contribution in [2.45, 2.75) is 12.2 Å². The number of hydrogen-bond acceptors (Lipinski definition) is 3. The molecule has 4 rings (SSSR count). The molecular weight excluding hydrogens is 292 g/mol. The van der Waals surface area contributed by atoms with Crippen LogP contribution in [0, 0.1) is 11.3 Å². The summed E-state index contributed by atoms with van der Waals surface area (Å²) in [4.78, 5) is 11.6. The Morgan fingerprint density at radius 2 is 1.52 bits per heavy atom. The smallest absolute Gasteiger partial charge is 0.312 e. The predicted molar refractivity (Wildman–Crippen MR) is 83.7 cm³/mol. The van der Waals surface area contributed by atoms with Crippen LogP contribution in [0.5, 0.6) is 0 Å². The second-order valence-electron chi connectivity index (χ2n) is 6.31. The summed E-state index contributed by atoms with van der Waals surface area (Å²) >= 11 is 0. The minimum atomic E-state index is -1.04. The molecule has 4 nitrogen and oxygen atoms in total. The Morgan fingerprint density at radius 1 is 0.957 bits per heavy atom. The van der Waals surface area contributed by atoms with Crippen LogP contribution in [-0.2, 0) is 20.1 Å². The van der Waals surface area contributed by atoms with Crippen molar-refractivity contribution >= 4 is 5.97 Å². The number of fused-ring (bicyclic) bond motifs is 1. The van der Waals surface area contributed by atoms with Gasteiger partial charge in [-0.25, -0.2) is 0 Å². The van der Waals surface area contributed by atoms with E-state index in [0.717, 1.165) is 11.1 Å². The molecule has 23 heavy (non-hydrogen) atoms. The van der Waals surface area contributed by atoms with Gasteiger partial charge in [0.2, 0.25) is 5.79 Å². The number of carboxylic acid groups (broad SMARTS) is 1. The number of carboxylic acids is 1. The lowest BCUT2D eigenvalue weighted by molar-refractivity contribution is -0.214. The topological polar surface area (TPSA) is 55.8 Å². The minimum absolute atomic E-state index is 0.0225. The van der Waals surface area contributed by atoms with E-state index >= 15 is 0 Å². The average Bonchev–Trinajstić information content (AvgIpc) is 3.33. The van der Waals surface area contributed by atoms with E-state index < -0.39 is 17.2 Å². The van der Waals surface area contributed by atoms with Crippen molar-refractivity contribution in [1.29, 1.82) is 0 Å². The van der Waals surface area contributed by atoms with Crippen LogP contribution in [-0.4, -0.2) is 24.3 Å². The zero-order chi connectivity index (χ0) is 15.9. The highest BCUT2D eigenvalue weighted by Crippen LogP contribution is 2.57. The summed E-state index contributed by atoms with van der Waals surface area (Å²) < 4.78 is 12.4. The van der Waals surface area contributed by atoms with Crippen molar-refractivity contribution in [3.8, 4) is 0 Å². The number of aliphatic carboxylic acids is 1. The molecule has 2 atom stereocenters. The van der Waals surface area contributed by atoms with Gasteiger partial charge in [0.25, 0.3) is 0 Å². The van der Waals surface area contributed by atoms with E-state index in [0.29, 0.717) is 13.0 Å². The Hall–Kier alpha value is -2.17. The predicted octanol–water partition coefficient (Wildman–Crippen LogP) is 3.03. The molecule has 0 unspecified atom stereocenters. The lowest BCUT2D eigenvalue weighted by atomic mass is 9.97. The molecule has 2 aromatic carbocycles. The average molecular weight is 310 g/mol. The Morgan fingerprint density at radius 3 is 2.04 bits per heavy atom. The third-order valence-corrected chi connectivity index (χ3v) is 4.99. The zero-order valence-electron chi connectivity index (χ0n) is 12.6. The van der Waals surface area contributed by atoms with Crippen LogP contribution >= 0.6 is 0 Å². The summed E-state index contributed by atoms with van der Waals surface area (Å²) in [6, 6.07) is 19.4. The van der Waals surface area contributed by atoms with Gasteiger partial charge in [0.15, 0.2) is 0 Å². The monoisotopic (exact) mass is 310 g/mol. The Kier molecular flexibility index (Phi) is 3.25. The molecule has 0 spiro atoms. The van der Waals surface area contributed by atoms with E-state index in [1.165, 1.54) is 0 Å². The normalized spacial score (nSPS) is 28.4. The molecule has 1 N–H and O–H groups in total. The fraction of sp³-hybridized carbons (Fsp3) is 0.316. The van der Waals surface area contributed by atoms with Crippen molar-refractivity contribution in [3.05, 3.63) is 71.8 Å². The molecule has 0 aromatic heterocycles. The molecule has 1 saturated carbocycles. The first kappa shape index (κ1) is 14.4. The van der Waals surface area contributed by atoms with E-state index in [4.69, 9.17) is 9.47 Å². The fourth-order valence-corrected chi connectivity index (χ4v) is 3.40. The first-order chi connectivity index (χ1) is 11.2. The summed E-state index contributed by atoms with van der Waals surface area (Å²) in [7, 11) is 0. The summed E-state index contributed by atoms with van der Waals surface area (Å²) in [5, 5.41) is 9.54. The number of ether oxygens (including phenoxy) is 2. The van der Waals surface area contributed by atoms with E-state index in [1.807, 2.05) is 60.7 Å². The highest BCUT2D eigenvalue weighted by Gasteiger charge is 2.64. The van der Waals surface area contributed by atoms with Gasteiger partial charge in [0.05, 0.1) is 18.6 Å². The van der Waals surface area contributed by atoms with E-state index in [9.17, 15) is 9.90 Å². The van der Waals surface area contributed by atoms with Gasteiger partial charge in [-0.3, -0.25) is 4.79 Å². The maximum absolute atomic E-state index is 11.6. The van der Waals surface area contributed by atoms with Crippen LogP contribution in [0.1, 0.15) is 17.5 Å². The van der Waals surface area contributed by atoms with Gasteiger partial charge in [-0.15, -0.1) is 0 Å². The molecule has 1 aliphatic heterocycles. The molecule has 2 fully saturated rings. The Balaban J connectivity index is 1.78. The third-order valence-electron chi connectivity index (χ3n) is 4.99. The zero-order valence-corrected chi connectivity index (χ0v) is 12.6. The quantitative estimate of drug-likeness (QED) is 0.947. The van der Waals surface area contributed by atoms with Crippen molar-refractivity contribution < 1.29 is 19.4 Å². The number of carbonyl (C=O) groups is 1. The van der Waals surface area contributed by atoms with Crippen molar-refractivity contribution in [2.24, 2.45) is 11.3 Å². The standard InChI is InChI=1S/C19H18O4/c20-17(21)18-11-16(18)12-22-19(23-13-18,14-7-3-1-4-8-14)15-9-5-2-6-10-15/h1-10,16H,11-13H2,(H,20,21)/t16-,18-/m0/s1. The van der Waals surface area contributed by atoms with Crippen molar-refractivity contribution in [1.82, 2.24) is 0 Å². The van der Waals surface area contributed by atoms with Crippen molar-refractivity contribution in [2.75, 3.05) is 13.2 Å². The van der Waals surface area contributed by atoms with Crippen LogP contribution < -0.4 is 0 Å². The highest BCUT2D eigenvalue weighted by molar-refractivity contribution is 5.79. The van der Waals surface area contributed by atoms with E-state index in [1.54, 1.807) is 0 Å². The van der Waals surface area contributed by atoms with Gasteiger partial charge in [-0.05, 0) is 6.42 Å². The molecule has 0 amide bonds. The SMILES string of the molecule is O=C(O)[C@@]12COC(c3ccccc3)(c3ccccc3)OC[C@@H]1C2. The van der Waals surface area contributed by atoms with E-state index in [2.05, 4.69) is 0 Å². The Bertz CT molecular complexity index is 673. The lowest BCUT2D eigenvalue weighted by Crippen LogP contribution is -2.36. The minimum Gasteiger partial charge on any atom is -0.481 e. The molecule has 2 aliphatic rings. The molecule has 4 heteroatoms. The Labute approximate surface area is 134 Å². The van der Waals surface area contributed by atoms with Crippen molar-refractivity contribution in [3.63, 3.8) is 0 Å². The van der Waals surface area contributed by atoms with Crippen LogP contribution in [0.25, 0.3) is 0 Å². The summed E-state index contributed by atoms with van der Waals surface area (Å²) in [6.45, 7) is 0.548. The summed E-state index contributed by atoms with van der Waals surface area (Å²) in [6.07, 6.45) is 0.627. The summed E-state index contributed by atoms with van der Waals surface area (Å²) in [5.74, 6) is -1.81.